The minimum absolute atomic E-state index is 0.516. The highest BCUT2D eigenvalue weighted by Gasteiger charge is 1.93. The van der Waals surface area contributed by atoms with Gasteiger partial charge in [0.05, 0.1) is 12.2 Å². The topological polar surface area (TPSA) is 26.3 Å². The van der Waals surface area contributed by atoms with Crippen molar-refractivity contribution in [3.63, 3.8) is 0 Å². The number of unbranched alkanes of at least 4 members (excludes halogenated alkanes) is 2. The number of hydrogen-bond acceptors (Lipinski definition) is 2. The molecule has 0 atom stereocenters. The van der Waals surface area contributed by atoms with Gasteiger partial charge in [0.2, 0.25) is 0 Å². The third kappa shape index (κ3) is 7.18. The van der Waals surface area contributed by atoms with Gasteiger partial charge in [-0.05, 0) is 25.7 Å². The molecular weight excluding hydrogens is 164 g/mol. The van der Waals surface area contributed by atoms with Gasteiger partial charge in [-0.25, -0.2) is 4.79 Å². The van der Waals surface area contributed by atoms with Crippen molar-refractivity contribution < 1.29 is 9.53 Å². The summed E-state index contributed by atoms with van der Waals surface area (Å²) in [6.45, 7) is 4.53. The Labute approximate surface area is 80.0 Å². The molecule has 13 heavy (non-hydrogen) atoms. The van der Waals surface area contributed by atoms with Crippen molar-refractivity contribution in [2.45, 2.75) is 39.5 Å². The van der Waals surface area contributed by atoms with Crippen LogP contribution < -0.4 is 0 Å². The van der Waals surface area contributed by atoms with Gasteiger partial charge < -0.3 is 4.74 Å². The average molecular weight is 180 g/mol. The predicted octanol–water partition coefficient (Wildman–Crippen LogP) is 2.32. The summed E-state index contributed by atoms with van der Waals surface area (Å²) >= 11 is 0. The van der Waals surface area contributed by atoms with Crippen LogP contribution in [0.25, 0.3) is 0 Å². The Morgan fingerprint density at radius 3 is 2.62 bits per heavy atom. The fourth-order valence-corrected chi connectivity index (χ4v) is 0.861. The highest BCUT2D eigenvalue weighted by molar-refractivity contribution is 5.59. The molecule has 0 aliphatic heterocycles. The summed E-state index contributed by atoms with van der Waals surface area (Å²) in [4.78, 5) is 10.4. The van der Waals surface area contributed by atoms with E-state index in [-0.39, 0.29) is 0 Å². The number of hydrogen-bond donors (Lipinski definition) is 0. The van der Waals surface area contributed by atoms with Gasteiger partial charge in [-0.15, -0.1) is 0 Å². The molecule has 0 aromatic carbocycles. The molecule has 0 aromatic rings. The van der Waals surface area contributed by atoms with E-state index in [1.807, 2.05) is 12.9 Å². The minimum Gasteiger partial charge on any atom is -0.447 e. The second-order valence-corrected chi connectivity index (χ2v) is 2.70. The second kappa shape index (κ2) is 8.90. The van der Waals surface area contributed by atoms with E-state index < -0.39 is 0 Å². The highest BCUT2D eigenvalue weighted by atomic mass is 16.5. The van der Waals surface area contributed by atoms with Crippen molar-refractivity contribution in [2.75, 3.05) is 6.61 Å². The Bertz CT molecular complexity index is 226. The van der Waals surface area contributed by atoms with Crippen LogP contribution in [0.5, 0.6) is 0 Å². The number of carbonyl (C=O) groups excluding carboxylic acids is 1. The molecule has 72 valence electrons. The summed E-state index contributed by atoms with van der Waals surface area (Å²) in [5.74, 6) is 4.48. The van der Waals surface area contributed by atoms with E-state index in [4.69, 9.17) is 4.74 Å². The van der Waals surface area contributed by atoms with E-state index in [1.54, 1.807) is 0 Å². The van der Waals surface area contributed by atoms with Crippen molar-refractivity contribution in [2.24, 2.45) is 0 Å². The molecule has 0 bridgehead atoms. The summed E-state index contributed by atoms with van der Waals surface area (Å²) in [5, 5.41) is 0. The second-order valence-electron chi connectivity index (χ2n) is 2.70. The summed E-state index contributed by atoms with van der Waals surface area (Å²) in [7, 11) is 0. The first kappa shape index (κ1) is 11.8. The lowest BCUT2D eigenvalue weighted by atomic mass is 10.1. The van der Waals surface area contributed by atoms with Gasteiger partial charge in [-0.3, -0.25) is 0 Å². The van der Waals surface area contributed by atoms with Crippen LogP contribution in [0, 0.1) is 12.0 Å². The zero-order valence-corrected chi connectivity index (χ0v) is 8.35. The molecule has 0 amide bonds. The first-order valence-corrected chi connectivity index (χ1v) is 4.71. The highest BCUT2D eigenvalue weighted by Crippen LogP contribution is 2.04. The zero-order chi connectivity index (χ0) is 9.94. The number of rotatable bonds is 5. The van der Waals surface area contributed by atoms with Gasteiger partial charge in [0.15, 0.2) is 0 Å². The summed E-state index contributed by atoms with van der Waals surface area (Å²) in [6.07, 6.45) is 6.46. The van der Waals surface area contributed by atoms with Gasteiger partial charge in [0.25, 0.3) is 0 Å². The van der Waals surface area contributed by atoms with E-state index >= 15 is 0 Å². The summed E-state index contributed by atoms with van der Waals surface area (Å²) < 4.78 is 4.81. The number of ether oxygens (including phenoxy) is 1. The molecule has 2 nitrogen and oxygen atoms in total. The molecule has 0 radical (unpaired) electrons. The maximum atomic E-state index is 10.4. The predicted molar refractivity (Wildman–Crippen MR) is 52.8 cm³/mol. The first-order chi connectivity index (χ1) is 6.35. The summed E-state index contributed by atoms with van der Waals surface area (Å²) in [6, 6.07) is 0. The van der Waals surface area contributed by atoms with E-state index in [0.29, 0.717) is 12.2 Å². The lowest BCUT2D eigenvalue weighted by Crippen LogP contribution is -1.84. The van der Waals surface area contributed by atoms with Crippen LogP contribution in [0.1, 0.15) is 39.5 Å². The Kier molecular flexibility index (Phi) is 8.09. The van der Waals surface area contributed by atoms with E-state index in [9.17, 15) is 4.79 Å². The fraction of sp³-hybridized carbons (Fsp3) is 0.636. The molecule has 0 spiro atoms. The van der Waals surface area contributed by atoms with Crippen LogP contribution >= 0.6 is 0 Å². The molecule has 0 heterocycles. The number of allylic oxidation sites excluding steroid dienone is 1. The molecule has 0 N–H and O–H groups in total. The maximum Gasteiger partial charge on any atom is 0.137 e. The lowest BCUT2D eigenvalue weighted by Gasteiger charge is -1.93. The quantitative estimate of drug-likeness (QED) is 0.369. The van der Waals surface area contributed by atoms with Gasteiger partial charge in [0, 0.05) is 0 Å². The van der Waals surface area contributed by atoms with Gasteiger partial charge in [0.1, 0.15) is 12.0 Å². The van der Waals surface area contributed by atoms with Crippen LogP contribution in [-0.4, -0.2) is 12.5 Å². The van der Waals surface area contributed by atoms with Crippen molar-refractivity contribution in [1.29, 1.82) is 0 Å². The van der Waals surface area contributed by atoms with E-state index in [0.717, 1.165) is 25.7 Å². The molecule has 0 saturated carbocycles. The minimum atomic E-state index is 0.516. The largest absolute Gasteiger partial charge is 0.447 e. The molecule has 0 aliphatic carbocycles. The molecular formula is C11H16O2. The fourth-order valence-electron chi connectivity index (χ4n) is 0.861. The Morgan fingerprint density at radius 1 is 1.31 bits per heavy atom. The van der Waals surface area contributed by atoms with Crippen molar-refractivity contribution in [1.82, 2.24) is 0 Å². The molecule has 0 rings (SSSR count). The molecule has 0 aromatic heterocycles. The Morgan fingerprint density at radius 2 is 2.08 bits per heavy atom. The average Bonchev–Trinajstić information content (AvgIpc) is 2.16. The zero-order valence-electron chi connectivity index (χ0n) is 8.35. The van der Waals surface area contributed by atoms with Crippen molar-refractivity contribution >= 4 is 5.94 Å². The van der Waals surface area contributed by atoms with Gasteiger partial charge in [-0.2, -0.15) is 0 Å². The van der Waals surface area contributed by atoms with Crippen LogP contribution in [0.2, 0.25) is 0 Å². The van der Waals surface area contributed by atoms with Gasteiger partial charge >= 0.3 is 0 Å². The molecule has 0 saturated heterocycles. The Hall–Kier alpha value is -1.19. The third-order valence-corrected chi connectivity index (χ3v) is 1.57. The normalized spacial score (nSPS) is 8.15. The van der Waals surface area contributed by atoms with Crippen LogP contribution in [-0.2, 0) is 9.53 Å². The van der Waals surface area contributed by atoms with Crippen molar-refractivity contribution in [3.05, 3.63) is 5.57 Å². The van der Waals surface area contributed by atoms with E-state index in [1.165, 1.54) is 0 Å². The summed E-state index contributed by atoms with van der Waals surface area (Å²) in [5.41, 5.74) is 0.516. The molecule has 0 aliphatic rings. The Balaban J connectivity index is 3.80. The van der Waals surface area contributed by atoms with Gasteiger partial charge in [-0.1, -0.05) is 19.8 Å². The molecule has 2 heteroatoms. The molecule has 0 unspecified atom stereocenters. The SMILES string of the molecule is CCCCCC(=C=O)C#COCC. The smallest absolute Gasteiger partial charge is 0.137 e. The maximum absolute atomic E-state index is 10.4. The van der Waals surface area contributed by atoms with Crippen LogP contribution in [0.15, 0.2) is 5.57 Å². The van der Waals surface area contributed by atoms with Crippen LogP contribution in [0.3, 0.4) is 0 Å². The standard InChI is InChI=1S/C11H16O2/c1-3-5-6-7-11(10-12)8-9-13-4-2/h3-7H2,1-2H3. The monoisotopic (exact) mass is 180 g/mol. The van der Waals surface area contributed by atoms with E-state index in [2.05, 4.69) is 19.0 Å². The lowest BCUT2D eigenvalue weighted by molar-refractivity contribution is 0.299. The van der Waals surface area contributed by atoms with Crippen LogP contribution in [0.4, 0.5) is 0 Å². The first-order valence-electron chi connectivity index (χ1n) is 4.71. The molecule has 0 fully saturated rings. The third-order valence-electron chi connectivity index (χ3n) is 1.57. The van der Waals surface area contributed by atoms with Crippen molar-refractivity contribution in [3.8, 4) is 12.0 Å².